The molecule has 4 rings (SSSR count). The van der Waals surface area contributed by atoms with E-state index in [2.05, 4.69) is 50.4 Å². The van der Waals surface area contributed by atoms with Crippen molar-refractivity contribution in [2.75, 3.05) is 41.7 Å². The molecule has 0 unspecified atom stereocenters. The second kappa shape index (κ2) is 11.0. The SMILES string of the molecule is C#CC(C)(C)N1CCN(c2cc(Nc3cc(C)[nH]n3)nc(Sc3ccc(NC(=O)CC)cc3)n2)CC1.[HH].[HH].[HH]. The van der Waals surface area contributed by atoms with Gasteiger partial charge in [-0.15, -0.1) is 6.42 Å². The monoisotopic (exact) mass is 510 g/mol. The summed E-state index contributed by atoms with van der Waals surface area (Å²) in [4.78, 5) is 26.8. The predicted molar refractivity (Wildman–Crippen MR) is 151 cm³/mol. The standard InChI is InChI=1S/C26H32N8OS.3H2/c1-6-24(35)27-19-8-10-20(11-9-19)36-25-29-21(28-22-16-18(3)31-32-22)17-23(30-25)33-12-14-34(15-13-33)26(4,5)7-2;;;/h2,8-11,16-17H,6,12-15H2,1,3-5H3,(H,27,35)(H2,28,29,30,31,32);3*1H. The number of amides is 1. The zero-order valence-electron chi connectivity index (χ0n) is 21.1. The number of nitrogens with one attached hydrogen (secondary N) is 3. The number of terminal acetylenes is 1. The molecule has 1 aliphatic rings. The lowest BCUT2D eigenvalue weighted by atomic mass is 10.0. The summed E-state index contributed by atoms with van der Waals surface area (Å²) in [7, 11) is 0. The van der Waals surface area contributed by atoms with E-state index in [1.807, 2.05) is 50.2 Å². The van der Waals surface area contributed by atoms with Crippen molar-refractivity contribution in [2.24, 2.45) is 0 Å². The molecular weight excluding hydrogens is 472 g/mol. The Labute approximate surface area is 220 Å². The third kappa shape index (κ3) is 6.36. The van der Waals surface area contributed by atoms with Crippen LogP contribution in [0.1, 0.15) is 37.2 Å². The van der Waals surface area contributed by atoms with Crippen LogP contribution < -0.4 is 15.5 Å². The number of aromatic amines is 1. The van der Waals surface area contributed by atoms with Gasteiger partial charge in [0.2, 0.25) is 5.91 Å². The van der Waals surface area contributed by atoms with Crippen molar-refractivity contribution in [2.45, 2.75) is 49.7 Å². The van der Waals surface area contributed by atoms with Gasteiger partial charge in [-0.1, -0.05) is 12.8 Å². The summed E-state index contributed by atoms with van der Waals surface area (Å²) in [5.74, 6) is 5.11. The number of nitrogens with zero attached hydrogens (tertiary/aromatic N) is 5. The first-order valence-electron chi connectivity index (χ1n) is 12.0. The minimum absolute atomic E-state index is 0. The average Bonchev–Trinajstić information content (AvgIpc) is 3.29. The number of rotatable bonds is 8. The van der Waals surface area contributed by atoms with Gasteiger partial charge >= 0.3 is 0 Å². The maximum Gasteiger partial charge on any atom is 0.224 e. The molecule has 36 heavy (non-hydrogen) atoms. The van der Waals surface area contributed by atoms with Crippen LogP contribution in [0.25, 0.3) is 0 Å². The normalized spacial score (nSPS) is 14.4. The first-order chi connectivity index (χ1) is 17.3. The fourth-order valence-corrected chi connectivity index (χ4v) is 4.61. The Morgan fingerprint density at radius 2 is 1.89 bits per heavy atom. The number of benzene rings is 1. The van der Waals surface area contributed by atoms with Gasteiger partial charge in [0.25, 0.3) is 0 Å². The van der Waals surface area contributed by atoms with Crippen LogP contribution in [0.4, 0.5) is 23.1 Å². The molecule has 1 fully saturated rings. The molecule has 0 saturated carbocycles. The number of carbonyl (C=O) groups excluding carboxylic acids is 1. The number of hydrogen-bond donors (Lipinski definition) is 3. The van der Waals surface area contributed by atoms with E-state index in [9.17, 15) is 4.79 Å². The van der Waals surface area contributed by atoms with Gasteiger partial charge in [0.15, 0.2) is 11.0 Å². The molecule has 2 aromatic heterocycles. The van der Waals surface area contributed by atoms with Crippen molar-refractivity contribution >= 4 is 40.8 Å². The van der Waals surface area contributed by atoms with Crippen LogP contribution in [0, 0.1) is 19.3 Å². The number of aromatic nitrogens is 4. The van der Waals surface area contributed by atoms with Crippen LogP contribution in [0.15, 0.2) is 46.5 Å². The lowest BCUT2D eigenvalue weighted by Crippen LogP contribution is -2.54. The van der Waals surface area contributed by atoms with Gasteiger partial charge in [-0.25, -0.2) is 9.97 Å². The zero-order chi connectivity index (χ0) is 25.7. The number of carbonyl (C=O) groups is 1. The Kier molecular flexibility index (Phi) is 7.82. The molecule has 1 aliphatic heterocycles. The maximum absolute atomic E-state index is 11.7. The van der Waals surface area contributed by atoms with E-state index >= 15 is 0 Å². The first-order valence-corrected chi connectivity index (χ1v) is 12.8. The molecule has 3 N–H and O–H groups in total. The third-order valence-electron chi connectivity index (χ3n) is 6.07. The molecule has 0 radical (unpaired) electrons. The van der Waals surface area contributed by atoms with Crippen LogP contribution in [0.3, 0.4) is 0 Å². The topological polar surface area (TPSA) is 102 Å². The van der Waals surface area contributed by atoms with Crippen molar-refractivity contribution in [1.82, 2.24) is 25.1 Å². The van der Waals surface area contributed by atoms with Crippen LogP contribution in [-0.2, 0) is 4.79 Å². The second-order valence-electron chi connectivity index (χ2n) is 9.16. The fourth-order valence-electron chi connectivity index (χ4n) is 3.84. The second-order valence-corrected chi connectivity index (χ2v) is 10.2. The van der Waals surface area contributed by atoms with Crippen molar-refractivity contribution in [3.05, 3.63) is 42.1 Å². The van der Waals surface area contributed by atoms with E-state index in [0.29, 0.717) is 23.2 Å². The molecule has 0 aliphatic carbocycles. The summed E-state index contributed by atoms with van der Waals surface area (Å²) >= 11 is 1.47. The average molecular weight is 511 g/mol. The maximum atomic E-state index is 11.7. The Hall–Kier alpha value is -3.55. The Bertz CT molecular complexity index is 1250. The van der Waals surface area contributed by atoms with Gasteiger partial charge in [0, 0.05) is 65.3 Å². The number of hydrogen-bond acceptors (Lipinski definition) is 8. The van der Waals surface area contributed by atoms with E-state index in [1.54, 1.807) is 0 Å². The molecule has 0 atom stereocenters. The highest BCUT2D eigenvalue weighted by molar-refractivity contribution is 7.99. The lowest BCUT2D eigenvalue weighted by Gasteiger charge is -2.41. The smallest absolute Gasteiger partial charge is 0.224 e. The van der Waals surface area contributed by atoms with Crippen molar-refractivity contribution in [3.8, 4) is 12.3 Å². The van der Waals surface area contributed by atoms with Crippen molar-refractivity contribution in [1.29, 1.82) is 0 Å². The van der Waals surface area contributed by atoms with Gasteiger partial charge in [0.1, 0.15) is 11.6 Å². The molecule has 0 bridgehead atoms. The quantitative estimate of drug-likeness (QED) is 0.287. The van der Waals surface area contributed by atoms with Gasteiger partial charge < -0.3 is 15.5 Å². The summed E-state index contributed by atoms with van der Waals surface area (Å²) in [5.41, 5.74) is 1.46. The third-order valence-corrected chi connectivity index (χ3v) is 6.94. The molecule has 9 nitrogen and oxygen atoms in total. The van der Waals surface area contributed by atoms with Gasteiger partial charge in [-0.2, -0.15) is 5.10 Å². The summed E-state index contributed by atoms with van der Waals surface area (Å²) in [6.45, 7) is 11.3. The van der Waals surface area contributed by atoms with Crippen LogP contribution in [0.5, 0.6) is 0 Å². The Morgan fingerprint density at radius 3 is 2.50 bits per heavy atom. The Morgan fingerprint density at radius 1 is 1.17 bits per heavy atom. The van der Waals surface area contributed by atoms with E-state index in [1.165, 1.54) is 11.8 Å². The highest BCUT2D eigenvalue weighted by Crippen LogP contribution is 2.30. The summed E-state index contributed by atoms with van der Waals surface area (Å²) in [6, 6.07) is 11.6. The summed E-state index contributed by atoms with van der Waals surface area (Å²) in [6.07, 6.45) is 6.19. The molecule has 1 aromatic carbocycles. The summed E-state index contributed by atoms with van der Waals surface area (Å²) in [5, 5.41) is 14.0. The van der Waals surface area contributed by atoms with Crippen LogP contribution >= 0.6 is 11.8 Å². The molecule has 194 valence electrons. The van der Waals surface area contributed by atoms with Crippen molar-refractivity contribution < 1.29 is 9.07 Å². The highest BCUT2D eigenvalue weighted by Gasteiger charge is 2.29. The molecule has 10 heteroatoms. The van der Waals surface area contributed by atoms with Gasteiger partial charge in [0.05, 0.1) is 5.54 Å². The molecule has 3 aromatic rings. The highest BCUT2D eigenvalue weighted by atomic mass is 32.2. The number of anilines is 4. The number of H-pyrrole nitrogens is 1. The fraction of sp³-hybridized carbons (Fsp3) is 0.385. The minimum atomic E-state index is -0.272. The number of aryl methyl sites for hydroxylation is 1. The lowest BCUT2D eigenvalue weighted by molar-refractivity contribution is -0.115. The zero-order valence-corrected chi connectivity index (χ0v) is 21.9. The van der Waals surface area contributed by atoms with Crippen molar-refractivity contribution in [3.63, 3.8) is 0 Å². The van der Waals surface area contributed by atoms with Gasteiger partial charge in [-0.3, -0.25) is 14.8 Å². The molecule has 3 heterocycles. The van der Waals surface area contributed by atoms with Gasteiger partial charge in [-0.05, 0) is 56.8 Å². The van der Waals surface area contributed by atoms with E-state index in [-0.39, 0.29) is 15.7 Å². The minimum Gasteiger partial charge on any atom is -0.354 e. The molecule has 0 spiro atoms. The first kappa shape index (κ1) is 25.5. The number of piperazine rings is 1. The molecular formula is C26H38N8OS. The van der Waals surface area contributed by atoms with E-state index in [4.69, 9.17) is 16.4 Å². The molecule has 1 amide bonds. The van der Waals surface area contributed by atoms with E-state index in [0.717, 1.165) is 48.3 Å². The Balaban J connectivity index is 0.00000253. The summed E-state index contributed by atoms with van der Waals surface area (Å²) < 4.78 is 0. The van der Waals surface area contributed by atoms with Crippen LogP contribution in [0.2, 0.25) is 0 Å². The predicted octanol–water partition coefficient (Wildman–Crippen LogP) is 5.02. The van der Waals surface area contributed by atoms with Crippen LogP contribution in [-0.4, -0.2) is 62.7 Å². The largest absolute Gasteiger partial charge is 0.354 e. The molecule has 1 saturated heterocycles. The van der Waals surface area contributed by atoms with E-state index < -0.39 is 0 Å².